The number of pyridine rings is 1. The summed E-state index contributed by atoms with van der Waals surface area (Å²) in [5.74, 6) is 2.42. The number of fused-ring (bicyclic) bond motifs is 2. The highest BCUT2D eigenvalue weighted by Gasteiger charge is 2.24. The van der Waals surface area contributed by atoms with E-state index in [2.05, 4.69) is 9.88 Å². The van der Waals surface area contributed by atoms with Gasteiger partial charge < -0.3 is 19.5 Å². The largest absolute Gasteiger partial charge is 0.490 e. The number of likely N-dealkylation sites (tertiary alicyclic amines) is 1. The van der Waals surface area contributed by atoms with Gasteiger partial charge in [0.1, 0.15) is 0 Å². The normalized spacial score (nSPS) is 18.9. The molecule has 1 aromatic heterocycles. The molecular weight excluding hydrogens is 418 g/mol. The summed E-state index contributed by atoms with van der Waals surface area (Å²) in [6, 6.07) is 11.6. The predicted molar refractivity (Wildman–Crippen MR) is 126 cm³/mol. The van der Waals surface area contributed by atoms with Crippen molar-refractivity contribution in [2.75, 3.05) is 39.4 Å². The van der Waals surface area contributed by atoms with E-state index in [1.54, 1.807) is 6.20 Å². The van der Waals surface area contributed by atoms with Gasteiger partial charge in [0.15, 0.2) is 11.5 Å². The minimum atomic E-state index is 0.164. The van der Waals surface area contributed by atoms with Crippen molar-refractivity contribution >= 4 is 5.91 Å². The number of amides is 1. The van der Waals surface area contributed by atoms with E-state index in [0.717, 1.165) is 69.5 Å². The molecule has 4 rings (SSSR count). The number of carbonyl (C=O) groups is 1. The number of aliphatic hydroxyl groups excluding tert-OH is 1. The van der Waals surface area contributed by atoms with E-state index in [1.165, 1.54) is 0 Å². The van der Waals surface area contributed by atoms with Crippen LogP contribution >= 0.6 is 0 Å². The molecule has 3 heterocycles. The van der Waals surface area contributed by atoms with Crippen LogP contribution in [0.1, 0.15) is 44.1 Å². The van der Waals surface area contributed by atoms with Gasteiger partial charge in [0.25, 0.3) is 0 Å². The van der Waals surface area contributed by atoms with E-state index in [1.807, 2.05) is 41.3 Å². The number of nitrogens with zero attached hydrogens (tertiary/aromatic N) is 3. The SMILES string of the molecule is O=C(CN1CCCCCCOc2ccccc2Oc2ncccc2C1)N1CCC(CO)CC1. The molecule has 1 aromatic carbocycles. The lowest BCUT2D eigenvalue weighted by molar-refractivity contribution is -0.134. The quantitative estimate of drug-likeness (QED) is 0.761. The van der Waals surface area contributed by atoms with E-state index in [9.17, 15) is 9.90 Å². The van der Waals surface area contributed by atoms with Gasteiger partial charge in [-0.2, -0.15) is 0 Å². The van der Waals surface area contributed by atoms with Crippen molar-refractivity contribution < 1.29 is 19.4 Å². The van der Waals surface area contributed by atoms with E-state index in [4.69, 9.17) is 9.47 Å². The molecule has 33 heavy (non-hydrogen) atoms. The number of aliphatic hydroxyl groups is 1. The molecule has 7 nitrogen and oxygen atoms in total. The Balaban J connectivity index is 1.50. The van der Waals surface area contributed by atoms with Crippen LogP contribution in [0.3, 0.4) is 0 Å². The van der Waals surface area contributed by atoms with Gasteiger partial charge in [0.2, 0.25) is 11.8 Å². The number of benzene rings is 1. The van der Waals surface area contributed by atoms with E-state index in [-0.39, 0.29) is 12.5 Å². The summed E-state index contributed by atoms with van der Waals surface area (Å²) in [6.07, 6.45) is 7.71. The first-order chi connectivity index (χ1) is 16.2. The van der Waals surface area contributed by atoms with Gasteiger partial charge in [-0.15, -0.1) is 0 Å². The smallest absolute Gasteiger partial charge is 0.236 e. The molecule has 178 valence electrons. The standard InChI is InChI=1S/C26H35N3O4/c30-20-21-11-15-29(16-12-21)25(31)19-28-14-5-1-2-6-17-32-23-9-3-4-10-24(23)33-26-22(18-28)8-7-13-27-26/h3-4,7-10,13,21,30H,1-2,5-6,11-12,14-20H2. The Hall–Kier alpha value is -2.64. The minimum Gasteiger partial charge on any atom is -0.490 e. The summed E-state index contributed by atoms with van der Waals surface area (Å²) in [5, 5.41) is 9.38. The van der Waals surface area contributed by atoms with Crippen LogP contribution in [0.2, 0.25) is 0 Å². The molecule has 0 saturated carbocycles. The number of rotatable bonds is 3. The number of piperidine rings is 1. The zero-order valence-electron chi connectivity index (χ0n) is 19.3. The maximum Gasteiger partial charge on any atom is 0.236 e. The van der Waals surface area contributed by atoms with Crippen LogP contribution in [-0.2, 0) is 11.3 Å². The van der Waals surface area contributed by atoms with Crippen LogP contribution in [0, 0.1) is 5.92 Å². The Bertz CT molecular complexity index is 899. The molecule has 1 saturated heterocycles. The lowest BCUT2D eigenvalue weighted by Gasteiger charge is -2.33. The second kappa shape index (κ2) is 12.0. The minimum absolute atomic E-state index is 0.164. The summed E-state index contributed by atoms with van der Waals surface area (Å²) in [6.45, 7) is 4.17. The molecule has 0 aliphatic carbocycles. The van der Waals surface area contributed by atoms with E-state index >= 15 is 0 Å². The van der Waals surface area contributed by atoms with Crippen molar-refractivity contribution in [2.45, 2.75) is 45.1 Å². The number of para-hydroxylation sites is 2. The maximum absolute atomic E-state index is 13.1. The average Bonchev–Trinajstić information content (AvgIpc) is 2.85. The Morgan fingerprint density at radius 3 is 2.61 bits per heavy atom. The number of ether oxygens (including phenoxy) is 2. The fraction of sp³-hybridized carbons (Fsp3) is 0.538. The van der Waals surface area contributed by atoms with E-state index < -0.39 is 0 Å². The summed E-state index contributed by atoms with van der Waals surface area (Å²) >= 11 is 0. The Morgan fingerprint density at radius 1 is 1.00 bits per heavy atom. The van der Waals surface area contributed by atoms with Gasteiger partial charge in [-0.3, -0.25) is 9.69 Å². The highest BCUT2D eigenvalue weighted by atomic mass is 16.5. The molecule has 7 heteroatoms. The first-order valence-electron chi connectivity index (χ1n) is 12.2. The molecule has 2 aromatic rings. The highest BCUT2D eigenvalue weighted by Crippen LogP contribution is 2.32. The van der Waals surface area contributed by atoms with Crippen molar-refractivity contribution in [3.05, 3.63) is 48.2 Å². The summed E-state index contributed by atoms with van der Waals surface area (Å²) in [4.78, 5) is 21.7. The molecule has 0 unspecified atom stereocenters. The van der Waals surface area contributed by atoms with Crippen LogP contribution in [0.5, 0.6) is 17.4 Å². The molecular formula is C26H35N3O4. The van der Waals surface area contributed by atoms with Crippen LogP contribution < -0.4 is 9.47 Å². The molecule has 0 atom stereocenters. The first-order valence-corrected chi connectivity index (χ1v) is 12.2. The van der Waals surface area contributed by atoms with Crippen LogP contribution in [0.15, 0.2) is 42.6 Å². The number of hydrogen-bond acceptors (Lipinski definition) is 6. The summed E-state index contributed by atoms with van der Waals surface area (Å²) in [5.41, 5.74) is 0.955. The predicted octanol–water partition coefficient (Wildman–Crippen LogP) is 3.86. The Labute approximate surface area is 196 Å². The highest BCUT2D eigenvalue weighted by molar-refractivity contribution is 5.78. The molecule has 1 fully saturated rings. The molecule has 0 spiro atoms. The van der Waals surface area contributed by atoms with Gasteiger partial charge in [0, 0.05) is 38.0 Å². The lowest BCUT2D eigenvalue weighted by Crippen LogP contribution is -2.44. The molecule has 0 radical (unpaired) electrons. The van der Waals surface area contributed by atoms with Gasteiger partial charge in [-0.1, -0.05) is 31.0 Å². The molecule has 2 aliphatic heterocycles. The summed E-state index contributed by atoms with van der Waals surface area (Å²) in [7, 11) is 0. The fourth-order valence-electron chi connectivity index (χ4n) is 4.48. The van der Waals surface area contributed by atoms with Crippen molar-refractivity contribution in [1.29, 1.82) is 0 Å². The van der Waals surface area contributed by atoms with Crippen molar-refractivity contribution in [3.63, 3.8) is 0 Å². The second-order valence-corrected chi connectivity index (χ2v) is 9.00. The number of carbonyl (C=O) groups excluding carboxylic acids is 1. The maximum atomic E-state index is 13.1. The fourth-order valence-corrected chi connectivity index (χ4v) is 4.48. The Kier molecular flexibility index (Phi) is 8.55. The van der Waals surface area contributed by atoms with Crippen molar-refractivity contribution in [1.82, 2.24) is 14.8 Å². The topological polar surface area (TPSA) is 75.1 Å². The van der Waals surface area contributed by atoms with Crippen LogP contribution in [0.4, 0.5) is 0 Å². The van der Waals surface area contributed by atoms with Gasteiger partial charge >= 0.3 is 0 Å². The number of aromatic nitrogens is 1. The second-order valence-electron chi connectivity index (χ2n) is 9.00. The zero-order chi connectivity index (χ0) is 22.9. The number of hydrogen-bond donors (Lipinski definition) is 1. The van der Waals surface area contributed by atoms with E-state index in [0.29, 0.717) is 37.2 Å². The Morgan fingerprint density at radius 2 is 1.79 bits per heavy atom. The zero-order valence-corrected chi connectivity index (χ0v) is 19.3. The van der Waals surface area contributed by atoms with Crippen LogP contribution in [-0.4, -0.2) is 65.2 Å². The first kappa shape index (κ1) is 23.5. The molecule has 1 N–H and O–H groups in total. The van der Waals surface area contributed by atoms with Crippen molar-refractivity contribution in [2.24, 2.45) is 5.92 Å². The molecule has 0 bridgehead atoms. The van der Waals surface area contributed by atoms with Crippen molar-refractivity contribution in [3.8, 4) is 17.4 Å². The molecule has 2 aliphatic rings. The third-order valence-corrected chi connectivity index (χ3v) is 6.51. The monoisotopic (exact) mass is 453 g/mol. The lowest BCUT2D eigenvalue weighted by atomic mass is 9.98. The van der Waals surface area contributed by atoms with Gasteiger partial charge in [-0.25, -0.2) is 4.98 Å². The molecule has 1 amide bonds. The third kappa shape index (κ3) is 6.68. The summed E-state index contributed by atoms with van der Waals surface area (Å²) < 4.78 is 12.2. The average molecular weight is 454 g/mol. The third-order valence-electron chi connectivity index (χ3n) is 6.51. The van der Waals surface area contributed by atoms with Gasteiger partial charge in [-0.05, 0) is 56.3 Å². The van der Waals surface area contributed by atoms with Gasteiger partial charge in [0.05, 0.1) is 13.2 Å². The van der Waals surface area contributed by atoms with Crippen LogP contribution in [0.25, 0.3) is 0 Å².